The molecule has 0 fully saturated rings. The van der Waals surface area contributed by atoms with Crippen molar-refractivity contribution in [3.63, 3.8) is 0 Å². The van der Waals surface area contributed by atoms with Crippen molar-refractivity contribution in [2.75, 3.05) is 0 Å². The molecule has 0 atom stereocenters. The highest BCUT2D eigenvalue weighted by atomic mass is 79.9. The molecule has 0 aliphatic carbocycles. The molecule has 10 heteroatoms. The molecule has 0 bridgehead atoms. The molecule has 21 heavy (non-hydrogen) atoms. The quantitative estimate of drug-likeness (QED) is 0.602. The minimum absolute atomic E-state index is 0.0626. The zero-order valence-electron chi connectivity index (χ0n) is 10.2. The van der Waals surface area contributed by atoms with E-state index in [0.717, 1.165) is 16.1 Å². The van der Waals surface area contributed by atoms with Crippen LogP contribution in [0.2, 0.25) is 4.34 Å². The van der Waals surface area contributed by atoms with Crippen LogP contribution in [0.25, 0.3) is 0 Å². The Morgan fingerprint density at radius 3 is 2.62 bits per heavy atom. The first kappa shape index (κ1) is 16.4. The molecule has 0 radical (unpaired) electrons. The highest BCUT2D eigenvalue weighted by molar-refractivity contribution is 9.10. The van der Waals surface area contributed by atoms with Gasteiger partial charge in [0.1, 0.15) is 4.21 Å². The van der Waals surface area contributed by atoms with Gasteiger partial charge in [0.25, 0.3) is 15.7 Å². The molecule has 1 N–H and O–H groups in total. The van der Waals surface area contributed by atoms with E-state index in [9.17, 15) is 18.5 Å². The van der Waals surface area contributed by atoms with E-state index in [1.165, 1.54) is 0 Å². The van der Waals surface area contributed by atoms with Gasteiger partial charge in [-0.3, -0.25) is 10.1 Å². The maximum atomic E-state index is 12.1. The van der Waals surface area contributed by atoms with Gasteiger partial charge in [0.05, 0.1) is 4.92 Å². The van der Waals surface area contributed by atoms with Crippen molar-refractivity contribution >= 4 is 54.6 Å². The largest absolute Gasteiger partial charge is 0.300 e. The summed E-state index contributed by atoms with van der Waals surface area (Å²) >= 11 is 9.63. The number of nitrogens with zero attached hydrogens (tertiary/aromatic N) is 1. The molecule has 0 saturated carbocycles. The topological polar surface area (TPSA) is 89.3 Å². The lowest BCUT2D eigenvalue weighted by Gasteiger charge is -2.06. The molecular formula is C11H8BrClN2O4S2. The van der Waals surface area contributed by atoms with E-state index < -0.39 is 20.6 Å². The van der Waals surface area contributed by atoms with E-state index in [-0.39, 0.29) is 15.1 Å². The van der Waals surface area contributed by atoms with Crippen molar-refractivity contribution < 1.29 is 13.3 Å². The van der Waals surface area contributed by atoms with Gasteiger partial charge in [-0.15, -0.1) is 11.3 Å². The van der Waals surface area contributed by atoms with E-state index in [1.54, 1.807) is 18.2 Å². The van der Waals surface area contributed by atoms with E-state index >= 15 is 0 Å². The van der Waals surface area contributed by atoms with Crippen LogP contribution in [0, 0.1) is 10.1 Å². The van der Waals surface area contributed by atoms with Crippen molar-refractivity contribution in [2.45, 2.75) is 10.8 Å². The van der Waals surface area contributed by atoms with E-state index in [0.29, 0.717) is 11.3 Å². The number of nitro groups is 1. The second-order valence-corrected chi connectivity index (χ2v) is 8.40. The maximum Gasteiger partial charge on any atom is 0.300 e. The first-order valence-corrected chi connectivity index (χ1v) is 8.95. The molecule has 1 aromatic carbocycles. The summed E-state index contributed by atoms with van der Waals surface area (Å²) in [7, 11) is -3.85. The van der Waals surface area contributed by atoms with Gasteiger partial charge in [-0.25, -0.2) is 13.1 Å². The Labute approximate surface area is 138 Å². The molecule has 1 aromatic heterocycles. The van der Waals surface area contributed by atoms with Crippen LogP contribution in [0.4, 0.5) is 5.69 Å². The number of nitrogens with one attached hydrogen (secondary N) is 1. The Morgan fingerprint density at radius 2 is 2.05 bits per heavy atom. The molecule has 0 unspecified atom stereocenters. The van der Waals surface area contributed by atoms with Gasteiger partial charge in [-0.2, -0.15) is 0 Å². The molecule has 0 aliphatic heterocycles. The number of benzene rings is 1. The van der Waals surface area contributed by atoms with Gasteiger partial charge in [-0.05, 0) is 11.6 Å². The van der Waals surface area contributed by atoms with Crippen LogP contribution in [0.3, 0.4) is 0 Å². The Morgan fingerprint density at radius 1 is 1.38 bits per heavy atom. The van der Waals surface area contributed by atoms with Crippen molar-refractivity contribution in [3.8, 4) is 0 Å². The van der Waals surface area contributed by atoms with Gasteiger partial charge in [-0.1, -0.05) is 45.7 Å². The van der Waals surface area contributed by atoms with Gasteiger partial charge in [0.15, 0.2) is 4.34 Å². The number of rotatable bonds is 5. The lowest BCUT2D eigenvalue weighted by atomic mass is 10.2. The fraction of sp³-hybridized carbons (Fsp3) is 0.0909. The minimum atomic E-state index is -3.85. The number of hydrogen-bond donors (Lipinski definition) is 1. The van der Waals surface area contributed by atoms with Gasteiger partial charge >= 0.3 is 0 Å². The zero-order valence-corrected chi connectivity index (χ0v) is 14.2. The normalized spacial score (nSPS) is 11.5. The van der Waals surface area contributed by atoms with Crippen molar-refractivity contribution in [3.05, 3.63) is 54.8 Å². The zero-order chi connectivity index (χ0) is 15.6. The van der Waals surface area contributed by atoms with Crippen LogP contribution in [0.15, 0.2) is 39.0 Å². The van der Waals surface area contributed by atoms with Crippen LogP contribution in [0.5, 0.6) is 0 Å². The highest BCUT2D eigenvalue weighted by Crippen LogP contribution is 2.36. The van der Waals surface area contributed by atoms with Crippen LogP contribution < -0.4 is 4.72 Å². The molecule has 2 aromatic rings. The SMILES string of the molecule is O=[N+]([O-])c1cc(S(=O)(=O)NCc2ccccc2Br)sc1Cl. The summed E-state index contributed by atoms with van der Waals surface area (Å²) in [5.74, 6) is 0. The number of hydrogen-bond acceptors (Lipinski definition) is 5. The number of sulfonamides is 1. The lowest BCUT2D eigenvalue weighted by Crippen LogP contribution is -2.22. The molecule has 112 valence electrons. The molecule has 0 spiro atoms. The highest BCUT2D eigenvalue weighted by Gasteiger charge is 2.25. The van der Waals surface area contributed by atoms with Crippen molar-refractivity contribution in [1.29, 1.82) is 0 Å². The summed E-state index contributed by atoms with van der Waals surface area (Å²) in [4.78, 5) is 9.98. The number of thiophene rings is 1. The lowest BCUT2D eigenvalue weighted by molar-refractivity contribution is -0.384. The Bertz CT molecular complexity index is 791. The first-order valence-electron chi connectivity index (χ1n) is 5.48. The molecule has 0 amide bonds. The van der Waals surface area contributed by atoms with Crippen molar-refractivity contribution in [1.82, 2.24) is 4.72 Å². The first-order chi connectivity index (χ1) is 9.81. The Hall–Kier alpha value is -1.000. The maximum absolute atomic E-state index is 12.1. The second kappa shape index (κ2) is 6.41. The summed E-state index contributed by atoms with van der Waals surface area (Å²) in [5, 5.41) is 10.7. The average Bonchev–Trinajstić information content (AvgIpc) is 2.81. The summed E-state index contributed by atoms with van der Waals surface area (Å²) < 4.78 is 27.0. The third kappa shape index (κ3) is 3.80. The van der Waals surface area contributed by atoms with Crippen LogP contribution in [-0.2, 0) is 16.6 Å². The smallest absolute Gasteiger partial charge is 0.258 e. The molecule has 0 saturated heterocycles. The minimum Gasteiger partial charge on any atom is -0.258 e. The fourth-order valence-electron chi connectivity index (χ4n) is 1.48. The molecule has 2 rings (SSSR count). The fourth-order valence-corrected chi connectivity index (χ4v) is 4.62. The second-order valence-electron chi connectivity index (χ2n) is 3.90. The van der Waals surface area contributed by atoms with Gasteiger partial charge in [0, 0.05) is 17.1 Å². The summed E-state index contributed by atoms with van der Waals surface area (Å²) in [6.07, 6.45) is 0. The third-order valence-electron chi connectivity index (χ3n) is 2.52. The van der Waals surface area contributed by atoms with Gasteiger partial charge < -0.3 is 0 Å². The van der Waals surface area contributed by atoms with Crippen molar-refractivity contribution in [2.24, 2.45) is 0 Å². The van der Waals surface area contributed by atoms with E-state index in [1.807, 2.05) is 6.07 Å². The predicted molar refractivity (Wildman–Crippen MR) is 84.2 cm³/mol. The third-order valence-corrected chi connectivity index (χ3v) is 6.50. The standard InChI is InChI=1S/C11H8BrClN2O4S2/c12-8-4-2-1-3-7(8)6-14-21(18,19)10-5-9(15(16)17)11(13)20-10/h1-5,14H,6H2. The van der Waals surface area contributed by atoms with E-state index in [2.05, 4.69) is 20.7 Å². The average molecular weight is 412 g/mol. The van der Waals surface area contributed by atoms with Crippen LogP contribution in [-0.4, -0.2) is 13.3 Å². The monoisotopic (exact) mass is 410 g/mol. The number of halogens is 2. The Balaban J connectivity index is 2.21. The Kier molecular flexibility index (Phi) is 4.99. The van der Waals surface area contributed by atoms with Crippen LogP contribution in [0.1, 0.15) is 5.56 Å². The van der Waals surface area contributed by atoms with Gasteiger partial charge in [0.2, 0.25) is 0 Å². The summed E-state index contributed by atoms with van der Waals surface area (Å²) in [5.41, 5.74) is 0.334. The molecule has 6 nitrogen and oxygen atoms in total. The molecular weight excluding hydrogens is 404 g/mol. The summed E-state index contributed by atoms with van der Waals surface area (Å²) in [6, 6.07) is 8.09. The van der Waals surface area contributed by atoms with Crippen LogP contribution >= 0.6 is 38.9 Å². The van der Waals surface area contributed by atoms with E-state index in [4.69, 9.17) is 11.6 Å². The molecule has 0 aliphatic rings. The molecule has 1 heterocycles. The summed E-state index contributed by atoms with van der Waals surface area (Å²) in [6.45, 7) is 0.0626. The predicted octanol–water partition coefficient (Wildman–Crippen LogP) is 3.55.